The van der Waals surface area contributed by atoms with Gasteiger partial charge in [-0.05, 0) is 39.0 Å². The van der Waals surface area contributed by atoms with Crippen LogP contribution in [0.3, 0.4) is 0 Å². The second-order valence-corrected chi connectivity index (χ2v) is 7.51. The molecule has 0 radical (unpaired) electrons. The lowest BCUT2D eigenvalue weighted by Crippen LogP contribution is -2.32. The highest BCUT2D eigenvalue weighted by Gasteiger charge is 2.32. The molecule has 1 aliphatic heterocycles. The van der Waals surface area contributed by atoms with E-state index in [9.17, 15) is 9.59 Å². The maximum atomic E-state index is 15.2. The standard InChI is InChI=1S/C19H24FN3O2/c1-4-12-7-8-22(9-12)17-11(3)16-14(10(2)15(17)20)18(24)21-19(25)23(16)13-5-6-13/h12-13H,4-9H2,1-3H3,(H,21,24,25)/t12-/m1/s1. The Bertz CT molecular complexity index is 972. The minimum absolute atomic E-state index is 0.116. The highest BCUT2D eigenvalue weighted by molar-refractivity contribution is 5.90. The molecule has 1 atom stereocenters. The van der Waals surface area contributed by atoms with Crippen LogP contribution in [0.1, 0.15) is 49.8 Å². The van der Waals surface area contributed by atoms with Crippen molar-refractivity contribution in [2.75, 3.05) is 18.0 Å². The second kappa shape index (κ2) is 5.71. The van der Waals surface area contributed by atoms with E-state index >= 15 is 4.39 Å². The molecule has 5 nitrogen and oxygen atoms in total. The molecule has 0 bridgehead atoms. The molecule has 4 rings (SSSR count). The first-order chi connectivity index (χ1) is 11.9. The lowest BCUT2D eigenvalue weighted by Gasteiger charge is -2.25. The minimum atomic E-state index is -0.490. The SMILES string of the molecule is CC[C@@H]1CCN(c2c(F)c(C)c3c(=O)[nH]c(=O)n(C4CC4)c3c2C)C1. The average molecular weight is 345 g/mol. The number of aromatic nitrogens is 2. The molecule has 0 amide bonds. The molecule has 1 saturated heterocycles. The number of nitrogens with one attached hydrogen (secondary N) is 1. The number of halogens is 1. The maximum Gasteiger partial charge on any atom is 0.329 e. The third kappa shape index (κ3) is 2.41. The zero-order valence-electron chi connectivity index (χ0n) is 15.0. The molecule has 2 fully saturated rings. The van der Waals surface area contributed by atoms with Crippen LogP contribution in [0.25, 0.3) is 10.9 Å². The molecule has 0 unspecified atom stereocenters. The topological polar surface area (TPSA) is 58.1 Å². The van der Waals surface area contributed by atoms with Crippen LogP contribution in [0.5, 0.6) is 0 Å². The molecule has 25 heavy (non-hydrogen) atoms. The summed E-state index contributed by atoms with van der Waals surface area (Å²) in [5, 5.41) is 0.316. The van der Waals surface area contributed by atoms with Crippen molar-refractivity contribution in [2.24, 2.45) is 5.92 Å². The number of rotatable bonds is 3. The molecular formula is C19H24FN3O2. The van der Waals surface area contributed by atoms with Gasteiger partial charge >= 0.3 is 5.69 Å². The van der Waals surface area contributed by atoms with E-state index in [1.54, 1.807) is 11.5 Å². The Hall–Kier alpha value is -2.11. The van der Waals surface area contributed by atoms with Gasteiger partial charge in [-0.3, -0.25) is 14.3 Å². The number of fused-ring (bicyclic) bond motifs is 1. The monoisotopic (exact) mass is 345 g/mol. The molecule has 1 aromatic heterocycles. The van der Waals surface area contributed by atoms with Crippen molar-refractivity contribution in [1.82, 2.24) is 9.55 Å². The van der Waals surface area contributed by atoms with Crippen molar-refractivity contribution in [3.05, 3.63) is 37.8 Å². The van der Waals surface area contributed by atoms with Crippen molar-refractivity contribution < 1.29 is 4.39 Å². The number of H-pyrrole nitrogens is 1. The Morgan fingerprint density at radius 1 is 1.16 bits per heavy atom. The van der Waals surface area contributed by atoms with Crippen LogP contribution in [0.15, 0.2) is 9.59 Å². The number of hydrogen-bond donors (Lipinski definition) is 1. The summed E-state index contributed by atoms with van der Waals surface area (Å²) in [6, 6.07) is 0.116. The molecule has 1 saturated carbocycles. The van der Waals surface area contributed by atoms with Gasteiger partial charge in [0, 0.05) is 30.3 Å². The molecule has 2 heterocycles. The number of nitrogens with zero attached hydrogens (tertiary/aromatic N) is 2. The fourth-order valence-corrected chi connectivity index (χ4v) is 4.26. The zero-order valence-corrected chi connectivity index (χ0v) is 15.0. The van der Waals surface area contributed by atoms with Crippen LogP contribution in [0.2, 0.25) is 0 Å². The molecule has 0 spiro atoms. The van der Waals surface area contributed by atoms with Crippen LogP contribution in [0, 0.1) is 25.6 Å². The third-order valence-corrected chi connectivity index (χ3v) is 5.86. The Morgan fingerprint density at radius 2 is 1.88 bits per heavy atom. The van der Waals surface area contributed by atoms with Crippen LogP contribution in [-0.4, -0.2) is 22.6 Å². The van der Waals surface area contributed by atoms with Gasteiger partial charge in [0.05, 0.1) is 16.6 Å². The highest BCUT2D eigenvalue weighted by atomic mass is 19.1. The van der Waals surface area contributed by atoms with E-state index < -0.39 is 5.56 Å². The van der Waals surface area contributed by atoms with E-state index in [-0.39, 0.29) is 17.5 Å². The average Bonchev–Trinajstić information content (AvgIpc) is 3.29. The third-order valence-electron chi connectivity index (χ3n) is 5.86. The smallest absolute Gasteiger partial charge is 0.329 e. The van der Waals surface area contributed by atoms with Gasteiger partial charge in [0.15, 0.2) is 5.82 Å². The van der Waals surface area contributed by atoms with Crippen molar-refractivity contribution in [1.29, 1.82) is 0 Å². The van der Waals surface area contributed by atoms with Gasteiger partial charge in [-0.2, -0.15) is 0 Å². The Morgan fingerprint density at radius 3 is 2.48 bits per heavy atom. The van der Waals surface area contributed by atoms with Crippen molar-refractivity contribution in [2.45, 2.75) is 52.5 Å². The largest absolute Gasteiger partial charge is 0.369 e. The lowest BCUT2D eigenvalue weighted by molar-refractivity contribution is 0.566. The normalized spacial score (nSPS) is 20.6. The van der Waals surface area contributed by atoms with Gasteiger partial charge in [-0.1, -0.05) is 13.3 Å². The fraction of sp³-hybridized carbons (Fsp3) is 0.579. The molecular weight excluding hydrogens is 321 g/mol. The lowest BCUT2D eigenvalue weighted by atomic mass is 10.0. The fourth-order valence-electron chi connectivity index (χ4n) is 4.26. The Kier molecular flexibility index (Phi) is 3.74. The molecule has 1 aromatic carbocycles. The zero-order chi connectivity index (χ0) is 17.9. The van der Waals surface area contributed by atoms with E-state index in [1.807, 2.05) is 6.92 Å². The number of benzene rings is 1. The van der Waals surface area contributed by atoms with Crippen LogP contribution in [-0.2, 0) is 0 Å². The van der Waals surface area contributed by atoms with Crippen molar-refractivity contribution in [3.8, 4) is 0 Å². The Labute approximate surface area is 145 Å². The van der Waals surface area contributed by atoms with Crippen LogP contribution in [0.4, 0.5) is 10.1 Å². The minimum Gasteiger partial charge on any atom is -0.369 e. The summed E-state index contributed by atoms with van der Waals surface area (Å²) in [5.41, 5.74) is 1.37. The van der Waals surface area contributed by atoms with Crippen LogP contribution >= 0.6 is 0 Å². The Balaban J connectivity index is 2.04. The predicted molar refractivity (Wildman–Crippen MR) is 97.1 cm³/mol. The highest BCUT2D eigenvalue weighted by Crippen LogP contribution is 2.40. The maximum absolute atomic E-state index is 15.2. The summed E-state index contributed by atoms with van der Waals surface area (Å²) in [6.45, 7) is 7.30. The van der Waals surface area contributed by atoms with Crippen molar-refractivity contribution in [3.63, 3.8) is 0 Å². The van der Waals surface area contributed by atoms with E-state index in [2.05, 4.69) is 16.8 Å². The predicted octanol–water partition coefficient (Wildman–Crippen LogP) is 3.02. The molecule has 1 N–H and O–H groups in total. The van der Waals surface area contributed by atoms with Crippen LogP contribution < -0.4 is 16.1 Å². The quantitative estimate of drug-likeness (QED) is 0.930. The summed E-state index contributed by atoms with van der Waals surface area (Å²) < 4.78 is 16.9. The van der Waals surface area contributed by atoms with E-state index in [1.165, 1.54) is 0 Å². The summed E-state index contributed by atoms with van der Waals surface area (Å²) in [6.07, 6.45) is 3.98. The molecule has 134 valence electrons. The van der Waals surface area contributed by atoms with Gasteiger partial charge in [-0.15, -0.1) is 0 Å². The van der Waals surface area contributed by atoms with E-state index in [0.717, 1.165) is 38.8 Å². The first-order valence-electron chi connectivity index (χ1n) is 9.16. The van der Waals surface area contributed by atoms with Gasteiger partial charge in [-0.25, -0.2) is 9.18 Å². The molecule has 2 aromatic rings. The van der Waals surface area contributed by atoms with Gasteiger partial charge < -0.3 is 4.90 Å². The number of aromatic amines is 1. The van der Waals surface area contributed by atoms with Gasteiger partial charge in [0.1, 0.15) is 0 Å². The summed E-state index contributed by atoms with van der Waals surface area (Å²) in [5.74, 6) is 0.243. The number of aryl methyl sites for hydroxylation is 2. The second-order valence-electron chi connectivity index (χ2n) is 7.51. The van der Waals surface area contributed by atoms with E-state index in [0.29, 0.717) is 33.6 Å². The molecule has 2 aliphatic rings. The van der Waals surface area contributed by atoms with E-state index in [4.69, 9.17) is 0 Å². The van der Waals surface area contributed by atoms with Gasteiger partial charge in [0.2, 0.25) is 0 Å². The number of hydrogen-bond acceptors (Lipinski definition) is 3. The van der Waals surface area contributed by atoms with Gasteiger partial charge in [0.25, 0.3) is 5.56 Å². The summed E-state index contributed by atoms with van der Waals surface area (Å²) in [7, 11) is 0. The summed E-state index contributed by atoms with van der Waals surface area (Å²) in [4.78, 5) is 29.3. The molecule has 1 aliphatic carbocycles. The van der Waals surface area contributed by atoms with Crippen molar-refractivity contribution >= 4 is 16.6 Å². The first-order valence-corrected chi connectivity index (χ1v) is 9.16. The first kappa shape index (κ1) is 16.4. The summed E-state index contributed by atoms with van der Waals surface area (Å²) >= 11 is 0. The number of anilines is 1. The molecule has 6 heteroatoms.